The molecule has 1 aliphatic rings. The lowest BCUT2D eigenvalue weighted by Gasteiger charge is -2.22. The van der Waals surface area contributed by atoms with Crippen molar-refractivity contribution >= 4 is 27.5 Å². The maximum Gasteiger partial charge on any atom is 0.261 e. The minimum absolute atomic E-state index is 0.0127. The predicted molar refractivity (Wildman–Crippen MR) is 64.6 cm³/mol. The van der Waals surface area contributed by atoms with E-state index in [0.717, 1.165) is 6.42 Å². The molecular weight excluding hydrogens is 280 g/mol. The van der Waals surface area contributed by atoms with Gasteiger partial charge in [-0.1, -0.05) is 11.6 Å². The van der Waals surface area contributed by atoms with Gasteiger partial charge in [-0.15, -0.1) is 0 Å². The molecule has 1 aromatic heterocycles. The second kappa shape index (κ2) is 4.87. The maximum atomic E-state index is 12.0. The molecule has 9 heteroatoms. The van der Waals surface area contributed by atoms with Gasteiger partial charge in [-0.2, -0.15) is 4.72 Å². The van der Waals surface area contributed by atoms with Crippen LogP contribution in [0.15, 0.2) is 11.4 Å². The first kappa shape index (κ1) is 13.3. The Balaban J connectivity index is 2.22. The largest absolute Gasteiger partial charge is 0.355 e. The summed E-state index contributed by atoms with van der Waals surface area (Å²) < 4.78 is 27.8. The fraction of sp³-hybridized carbons (Fsp3) is 0.556. The molecule has 100 valence electrons. The number of amides is 1. The van der Waals surface area contributed by atoms with Gasteiger partial charge >= 0.3 is 0 Å². The number of piperidine rings is 1. The summed E-state index contributed by atoms with van der Waals surface area (Å²) >= 11 is 5.83. The first-order valence-electron chi connectivity index (χ1n) is 5.38. The Morgan fingerprint density at radius 3 is 2.89 bits per heavy atom. The number of hydrogen-bond donors (Lipinski definition) is 2. The minimum atomic E-state index is -3.88. The van der Waals surface area contributed by atoms with Gasteiger partial charge in [0.1, 0.15) is 11.2 Å². The van der Waals surface area contributed by atoms with Crippen LogP contribution in [0.2, 0.25) is 5.15 Å². The summed E-state index contributed by atoms with van der Waals surface area (Å²) in [4.78, 5) is 15.2. The first-order valence-corrected chi connectivity index (χ1v) is 7.25. The Hall–Kier alpha value is -1.12. The molecule has 0 radical (unpaired) electrons. The summed E-state index contributed by atoms with van der Waals surface area (Å²) in [5.41, 5.74) is 0. The molecule has 1 fully saturated rings. The van der Waals surface area contributed by atoms with Crippen molar-refractivity contribution < 1.29 is 13.2 Å². The van der Waals surface area contributed by atoms with Gasteiger partial charge in [0.2, 0.25) is 10.9 Å². The quantitative estimate of drug-likeness (QED) is 0.795. The van der Waals surface area contributed by atoms with Gasteiger partial charge in [0, 0.05) is 13.6 Å². The predicted octanol–water partition coefficient (Wildman–Crippen LogP) is -0.370. The van der Waals surface area contributed by atoms with Crippen molar-refractivity contribution in [2.24, 2.45) is 7.05 Å². The molecule has 1 atom stereocenters. The van der Waals surface area contributed by atoms with Crippen molar-refractivity contribution in [2.75, 3.05) is 6.54 Å². The molecule has 0 aliphatic carbocycles. The summed E-state index contributed by atoms with van der Waals surface area (Å²) in [5.74, 6) is -0.322. The Morgan fingerprint density at radius 2 is 2.33 bits per heavy atom. The molecule has 0 bridgehead atoms. The van der Waals surface area contributed by atoms with E-state index < -0.39 is 16.1 Å². The van der Waals surface area contributed by atoms with Gasteiger partial charge in [0.25, 0.3) is 10.0 Å². The fourth-order valence-electron chi connectivity index (χ4n) is 1.70. The molecule has 2 N–H and O–H groups in total. The molecule has 2 rings (SSSR count). The van der Waals surface area contributed by atoms with Gasteiger partial charge in [0.05, 0.1) is 6.33 Å². The van der Waals surface area contributed by atoms with Gasteiger partial charge in [-0.05, 0) is 12.8 Å². The van der Waals surface area contributed by atoms with Gasteiger partial charge in [0.15, 0.2) is 0 Å². The highest BCUT2D eigenvalue weighted by Crippen LogP contribution is 2.19. The van der Waals surface area contributed by atoms with Crippen molar-refractivity contribution in [3.05, 3.63) is 11.5 Å². The third kappa shape index (κ3) is 2.50. The van der Waals surface area contributed by atoms with E-state index in [-0.39, 0.29) is 16.1 Å². The molecule has 2 heterocycles. The lowest BCUT2D eigenvalue weighted by Crippen LogP contribution is -2.50. The molecule has 0 aromatic carbocycles. The minimum Gasteiger partial charge on any atom is -0.355 e. The average Bonchev–Trinajstić information content (AvgIpc) is 2.63. The number of carbonyl (C=O) groups excluding carboxylic acids is 1. The van der Waals surface area contributed by atoms with Gasteiger partial charge in [-0.25, -0.2) is 13.4 Å². The second-order valence-corrected chi connectivity index (χ2v) is 6.05. The van der Waals surface area contributed by atoms with Crippen molar-refractivity contribution in [2.45, 2.75) is 23.9 Å². The summed E-state index contributed by atoms with van der Waals surface area (Å²) in [6, 6.07) is -0.762. The normalized spacial score (nSPS) is 20.8. The number of halogens is 1. The van der Waals surface area contributed by atoms with Gasteiger partial charge < -0.3 is 9.88 Å². The SMILES string of the molecule is Cn1cnc(S(=O)(=O)NC2CCCNC2=O)c1Cl. The molecule has 7 nitrogen and oxygen atoms in total. The Bertz CT molecular complexity index is 568. The van der Waals surface area contributed by atoms with Crippen LogP contribution in [-0.4, -0.2) is 36.5 Å². The van der Waals surface area contributed by atoms with Crippen LogP contribution < -0.4 is 10.0 Å². The third-order valence-corrected chi connectivity index (χ3v) is 4.63. The van der Waals surface area contributed by atoms with Crippen molar-refractivity contribution in [1.29, 1.82) is 0 Å². The van der Waals surface area contributed by atoms with E-state index in [1.54, 1.807) is 7.05 Å². The Kier molecular flexibility index (Phi) is 3.60. The van der Waals surface area contributed by atoms with E-state index >= 15 is 0 Å². The van der Waals surface area contributed by atoms with Crippen LogP contribution in [0.5, 0.6) is 0 Å². The zero-order valence-corrected chi connectivity index (χ0v) is 11.3. The topological polar surface area (TPSA) is 93.1 Å². The standard InChI is InChI=1S/C9H13ClN4O3S/c1-14-5-12-9(7(14)10)18(16,17)13-6-3-2-4-11-8(6)15/h5-6,13H,2-4H2,1H3,(H,11,15). The number of rotatable bonds is 3. The van der Waals surface area contributed by atoms with E-state index in [9.17, 15) is 13.2 Å². The summed E-state index contributed by atoms with van der Waals surface area (Å²) in [6.07, 6.45) is 2.50. The maximum absolute atomic E-state index is 12.0. The van der Waals surface area contributed by atoms with Gasteiger partial charge in [-0.3, -0.25) is 4.79 Å². The van der Waals surface area contributed by atoms with Crippen molar-refractivity contribution in [3.63, 3.8) is 0 Å². The second-order valence-electron chi connectivity index (χ2n) is 4.06. The fourth-order valence-corrected chi connectivity index (χ4v) is 3.36. The van der Waals surface area contributed by atoms with Crippen LogP contribution in [0, 0.1) is 0 Å². The monoisotopic (exact) mass is 292 g/mol. The van der Waals surface area contributed by atoms with Crippen LogP contribution in [-0.2, 0) is 21.9 Å². The number of nitrogens with one attached hydrogen (secondary N) is 2. The molecule has 1 unspecified atom stereocenters. The Morgan fingerprint density at radius 1 is 1.61 bits per heavy atom. The molecule has 18 heavy (non-hydrogen) atoms. The molecular formula is C9H13ClN4O3S. The summed E-state index contributed by atoms with van der Waals surface area (Å²) in [7, 11) is -2.29. The number of imidazole rings is 1. The molecule has 1 saturated heterocycles. The lowest BCUT2D eigenvalue weighted by atomic mass is 10.1. The van der Waals surface area contributed by atoms with E-state index in [1.165, 1.54) is 10.9 Å². The molecule has 1 aliphatic heterocycles. The van der Waals surface area contributed by atoms with Crippen LogP contribution >= 0.6 is 11.6 Å². The highest BCUT2D eigenvalue weighted by molar-refractivity contribution is 7.89. The zero-order chi connectivity index (χ0) is 13.3. The van der Waals surface area contributed by atoms with Crippen molar-refractivity contribution in [1.82, 2.24) is 19.6 Å². The first-order chi connectivity index (χ1) is 8.42. The molecule has 0 spiro atoms. The van der Waals surface area contributed by atoms with E-state index in [1.807, 2.05) is 0 Å². The number of nitrogens with zero attached hydrogens (tertiary/aromatic N) is 2. The molecule has 0 saturated carbocycles. The average molecular weight is 293 g/mol. The number of aryl methyl sites for hydroxylation is 1. The number of hydrogen-bond acceptors (Lipinski definition) is 4. The van der Waals surface area contributed by atoms with E-state index in [0.29, 0.717) is 13.0 Å². The lowest BCUT2D eigenvalue weighted by molar-refractivity contribution is -0.124. The van der Waals surface area contributed by atoms with E-state index in [2.05, 4.69) is 15.0 Å². The number of sulfonamides is 1. The summed E-state index contributed by atoms with van der Waals surface area (Å²) in [6.45, 7) is 0.571. The third-order valence-electron chi connectivity index (χ3n) is 2.67. The van der Waals surface area contributed by atoms with Crippen molar-refractivity contribution in [3.8, 4) is 0 Å². The number of carbonyl (C=O) groups is 1. The zero-order valence-electron chi connectivity index (χ0n) is 9.68. The van der Waals surface area contributed by atoms with Crippen LogP contribution in [0.25, 0.3) is 0 Å². The van der Waals surface area contributed by atoms with Crippen LogP contribution in [0.1, 0.15) is 12.8 Å². The molecule has 1 amide bonds. The highest BCUT2D eigenvalue weighted by Gasteiger charge is 2.30. The highest BCUT2D eigenvalue weighted by atomic mass is 35.5. The van der Waals surface area contributed by atoms with Crippen LogP contribution in [0.3, 0.4) is 0 Å². The van der Waals surface area contributed by atoms with E-state index in [4.69, 9.17) is 11.6 Å². The van der Waals surface area contributed by atoms with Crippen LogP contribution in [0.4, 0.5) is 0 Å². The smallest absolute Gasteiger partial charge is 0.261 e. The summed E-state index contributed by atoms with van der Waals surface area (Å²) in [5, 5.41) is 2.35. The molecule has 1 aromatic rings. The Labute approximate surface area is 110 Å². The number of aromatic nitrogens is 2.